The second-order valence-electron chi connectivity index (χ2n) is 10.5. The summed E-state index contributed by atoms with van der Waals surface area (Å²) in [4.78, 5) is 26.8. The van der Waals surface area contributed by atoms with E-state index in [9.17, 15) is 14.7 Å². The highest BCUT2D eigenvalue weighted by Gasteiger charge is 2.28. The first-order valence-corrected chi connectivity index (χ1v) is 15.1. The zero-order valence-corrected chi connectivity index (χ0v) is 24.6. The molecule has 1 heterocycles. The Morgan fingerprint density at radius 2 is 1.64 bits per heavy atom. The molecule has 1 fully saturated rings. The molecule has 223 valence electrons. The predicted octanol–water partition coefficient (Wildman–Crippen LogP) is 6.37. The quantitative estimate of drug-likeness (QED) is 0.173. The lowest BCUT2D eigenvalue weighted by Gasteiger charge is -2.37. The van der Waals surface area contributed by atoms with Crippen LogP contribution in [0.3, 0.4) is 0 Å². The summed E-state index contributed by atoms with van der Waals surface area (Å²) in [5, 5.41) is 14.9. The summed E-state index contributed by atoms with van der Waals surface area (Å²) in [5.74, 6) is 0.131. The van der Waals surface area contributed by atoms with Gasteiger partial charge in [-0.05, 0) is 61.4 Å². The van der Waals surface area contributed by atoms with Crippen LogP contribution in [-0.2, 0) is 16.0 Å². The van der Waals surface area contributed by atoms with Gasteiger partial charge in [0.05, 0.1) is 12.1 Å². The normalized spacial score (nSPS) is 13.5. The fraction of sp³-hybridized carbons (Fsp3) is 0.382. The van der Waals surface area contributed by atoms with E-state index in [2.05, 4.69) is 18.8 Å². The first-order chi connectivity index (χ1) is 20.6. The van der Waals surface area contributed by atoms with Crippen LogP contribution >= 0.6 is 0 Å². The minimum absolute atomic E-state index is 0.00838. The van der Waals surface area contributed by atoms with Gasteiger partial charge >= 0.3 is 6.09 Å². The summed E-state index contributed by atoms with van der Waals surface area (Å²) in [6.45, 7) is 4.73. The summed E-state index contributed by atoms with van der Waals surface area (Å²) >= 11 is 0. The standard InChI is InChI=1S/C34H43N4O4/c1-2-3-10-26-37(35-23-21-28-17-19-30(39)20-18-28)33(40)22-27-42-34(41)38(36-24-11-5-12-25-36)32-16-9-8-15-31(32)29-13-6-4-7-14-29/h4-9,13-20,35,39H,2-3,10-12,21-27H2,1H3. The van der Waals surface area contributed by atoms with Gasteiger partial charge < -0.3 is 9.84 Å². The lowest BCUT2D eigenvalue weighted by molar-refractivity contribution is -0.135. The number of phenolic OH excluding ortho intramolecular Hbond substituents is 1. The number of rotatable bonds is 14. The molecule has 4 rings (SSSR count). The van der Waals surface area contributed by atoms with Gasteiger partial charge in [0, 0.05) is 31.7 Å². The molecule has 0 aliphatic carbocycles. The van der Waals surface area contributed by atoms with E-state index < -0.39 is 6.09 Å². The Balaban J connectivity index is 1.39. The molecule has 0 spiro atoms. The van der Waals surface area contributed by atoms with Crippen LogP contribution in [0.4, 0.5) is 10.5 Å². The number of phenols is 1. The number of amides is 2. The molecule has 42 heavy (non-hydrogen) atoms. The van der Waals surface area contributed by atoms with Crippen LogP contribution in [0.15, 0.2) is 78.9 Å². The SMILES string of the molecule is CCCCCN(NCCc1ccc(O)cc1)C(=O)CCOC(=O)N(c1ccccc1-c1ccccc1)N1CC[CH]CC1. The number of nitrogens with zero attached hydrogens (tertiary/aromatic N) is 3. The van der Waals surface area contributed by atoms with Gasteiger partial charge in [0.25, 0.3) is 0 Å². The highest BCUT2D eigenvalue weighted by atomic mass is 16.6. The maximum atomic E-state index is 13.6. The van der Waals surface area contributed by atoms with Gasteiger partial charge in [-0.1, -0.05) is 80.4 Å². The average molecular weight is 572 g/mol. The maximum absolute atomic E-state index is 13.6. The number of hydrazine groups is 2. The van der Waals surface area contributed by atoms with Crippen molar-refractivity contribution in [3.8, 4) is 16.9 Å². The number of anilines is 1. The van der Waals surface area contributed by atoms with Crippen LogP contribution in [0.1, 0.15) is 51.0 Å². The summed E-state index contributed by atoms with van der Waals surface area (Å²) in [5.41, 5.74) is 7.06. The third-order valence-corrected chi connectivity index (χ3v) is 7.34. The number of carbonyl (C=O) groups is 2. The smallest absolute Gasteiger partial charge is 0.429 e. The molecule has 2 amide bonds. The molecule has 3 aromatic rings. The molecular weight excluding hydrogens is 528 g/mol. The molecule has 8 nitrogen and oxygen atoms in total. The Morgan fingerprint density at radius 1 is 0.929 bits per heavy atom. The summed E-state index contributed by atoms with van der Waals surface area (Å²) in [6, 6.07) is 25.0. The molecule has 0 aromatic heterocycles. The van der Waals surface area contributed by atoms with E-state index in [0.717, 1.165) is 60.9 Å². The van der Waals surface area contributed by atoms with Gasteiger partial charge in [-0.15, -0.1) is 0 Å². The topological polar surface area (TPSA) is 85.3 Å². The molecule has 0 saturated carbocycles. The van der Waals surface area contributed by atoms with Gasteiger partial charge in [0.2, 0.25) is 5.91 Å². The number of carbonyl (C=O) groups excluding carboxylic acids is 2. The van der Waals surface area contributed by atoms with Crippen LogP contribution in [0.25, 0.3) is 11.1 Å². The highest BCUT2D eigenvalue weighted by Crippen LogP contribution is 2.33. The van der Waals surface area contributed by atoms with Gasteiger partial charge in [0.15, 0.2) is 0 Å². The molecule has 8 heteroatoms. The third-order valence-electron chi connectivity index (χ3n) is 7.34. The molecule has 0 unspecified atom stereocenters. The second kappa shape index (κ2) is 16.5. The Labute approximate surface area is 249 Å². The van der Waals surface area contributed by atoms with E-state index in [0.29, 0.717) is 26.2 Å². The van der Waals surface area contributed by atoms with Gasteiger partial charge in [-0.2, -0.15) is 0 Å². The Kier molecular flexibility index (Phi) is 12.2. The predicted molar refractivity (Wildman–Crippen MR) is 166 cm³/mol. The molecule has 1 aliphatic rings. The average Bonchev–Trinajstić information content (AvgIpc) is 3.02. The number of hydrogen-bond donors (Lipinski definition) is 2. The molecule has 0 bridgehead atoms. The number of benzene rings is 3. The number of piperidine rings is 1. The number of hydrogen-bond acceptors (Lipinski definition) is 6. The first-order valence-electron chi connectivity index (χ1n) is 15.1. The van der Waals surface area contributed by atoms with E-state index in [1.165, 1.54) is 0 Å². The van der Waals surface area contributed by atoms with E-state index in [1.54, 1.807) is 22.2 Å². The minimum Gasteiger partial charge on any atom is -0.508 e. The third kappa shape index (κ3) is 9.06. The lowest BCUT2D eigenvalue weighted by Crippen LogP contribution is -2.50. The fourth-order valence-corrected chi connectivity index (χ4v) is 5.05. The van der Waals surface area contributed by atoms with Crippen LogP contribution < -0.4 is 10.4 Å². The molecule has 2 N–H and O–H groups in total. The second-order valence-corrected chi connectivity index (χ2v) is 10.5. The largest absolute Gasteiger partial charge is 0.508 e. The van der Waals surface area contributed by atoms with Crippen molar-refractivity contribution in [2.24, 2.45) is 0 Å². The van der Waals surface area contributed by atoms with Gasteiger partial charge in [-0.25, -0.2) is 20.2 Å². The molecule has 3 aromatic carbocycles. The summed E-state index contributed by atoms with van der Waals surface area (Å²) in [6.07, 6.45) is 7.32. The van der Waals surface area contributed by atoms with E-state index in [1.807, 2.05) is 71.7 Å². The van der Waals surface area contributed by atoms with Crippen LogP contribution in [-0.4, -0.2) is 59.9 Å². The van der Waals surface area contributed by atoms with Gasteiger partial charge in [0.1, 0.15) is 12.4 Å². The first kappa shape index (κ1) is 31.1. The summed E-state index contributed by atoms with van der Waals surface area (Å²) in [7, 11) is 0. The van der Waals surface area contributed by atoms with Crippen molar-refractivity contribution in [2.75, 3.05) is 37.8 Å². The number of ether oxygens (including phenoxy) is 1. The number of unbranched alkanes of at least 4 members (excludes halogenated alkanes) is 2. The highest BCUT2D eigenvalue weighted by molar-refractivity contribution is 5.93. The molecule has 1 saturated heterocycles. The Bertz CT molecular complexity index is 1250. The van der Waals surface area contributed by atoms with Crippen LogP contribution in [0.2, 0.25) is 0 Å². The van der Waals surface area contributed by atoms with Gasteiger partial charge in [-0.3, -0.25) is 9.80 Å². The van der Waals surface area contributed by atoms with Crippen molar-refractivity contribution >= 4 is 17.7 Å². The molecule has 0 atom stereocenters. The maximum Gasteiger partial charge on any atom is 0.429 e. The number of aromatic hydroxyl groups is 1. The number of para-hydroxylation sites is 1. The van der Waals surface area contributed by atoms with E-state index in [-0.39, 0.29) is 24.7 Å². The Hall–Kier alpha value is -3.88. The Morgan fingerprint density at radius 3 is 2.38 bits per heavy atom. The molecule has 1 aliphatic heterocycles. The van der Waals surface area contributed by atoms with Crippen LogP contribution in [0.5, 0.6) is 5.75 Å². The monoisotopic (exact) mass is 571 g/mol. The minimum atomic E-state index is -0.481. The van der Waals surface area contributed by atoms with E-state index in [4.69, 9.17) is 4.74 Å². The zero-order valence-electron chi connectivity index (χ0n) is 24.6. The zero-order chi connectivity index (χ0) is 29.6. The number of nitrogens with one attached hydrogen (secondary N) is 1. The molecule has 1 radical (unpaired) electrons. The van der Waals surface area contributed by atoms with E-state index >= 15 is 0 Å². The van der Waals surface area contributed by atoms with Crippen molar-refractivity contribution in [1.82, 2.24) is 15.4 Å². The van der Waals surface area contributed by atoms with Crippen LogP contribution in [0, 0.1) is 6.42 Å². The molecular formula is C34H43N4O4. The lowest BCUT2D eigenvalue weighted by atomic mass is 10.0. The summed E-state index contributed by atoms with van der Waals surface area (Å²) < 4.78 is 5.77. The van der Waals surface area contributed by atoms with Crippen molar-refractivity contribution < 1.29 is 19.4 Å². The van der Waals surface area contributed by atoms with Crippen molar-refractivity contribution in [1.29, 1.82) is 0 Å². The van der Waals surface area contributed by atoms with Crippen molar-refractivity contribution in [2.45, 2.75) is 51.9 Å². The fourth-order valence-electron chi connectivity index (χ4n) is 5.05. The van der Waals surface area contributed by atoms with Crippen molar-refractivity contribution in [3.05, 3.63) is 90.8 Å². The van der Waals surface area contributed by atoms with Crippen molar-refractivity contribution in [3.63, 3.8) is 0 Å².